The van der Waals surface area contributed by atoms with E-state index in [0.29, 0.717) is 30.1 Å². The second-order valence-corrected chi connectivity index (χ2v) is 15.5. The monoisotopic (exact) mass is 780 g/mol. The summed E-state index contributed by atoms with van der Waals surface area (Å²) in [5.41, 5.74) is 3.14. The number of nitrogens with one attached hydrogen (secondary N) is 2. The lowest BCUT2D eigenvalue weighted by atomic mass is 10.1. The van der Waals surface area contributed by atoms with Crippen LogP contribution in [0.4, 0.5) is 10.6 Å². The Hall–Kier alpha value is -3.57. The number of carbonyl (C=O) groups excluding carboxylic acids is 2. The van der Waals surface area contributed by atoms with Crippen molar-refractivity contribution in [3.8, 4) is 11.5 Å². The number of thioether (sulfide) groups is 1. The number of benzene rings is 2. The normalized spacial score (nSPS) is 20.9. The Morgan fingerprint density at radius 3 is 2.41 bits per heavy atom. The summed E-state index contributed by atoms with van der Waals surface area (Å²) in [5.74, 6) is 0.690. The van der Waals surface area contributed by atoms with E-state index in [4.69, 9.17) is 63.2 Å². The molecule has 4 unspecified atom stereocenters. The number of amides is 1. The van der Waals surface area contributed by atoms with Crippen molar-refractivity contribution in [2.24, 2.45) is 0 Å². The zero-order valence-corrected chi connectivity index (χ0v) is 30.8. The zero-order chi connectivity index (χ0) is 36.2. The minimum Gasteiger partial charge on any atom is -0.497 e. The molecule has 2 saturated heterocycles. The predicted octanol–water partition coefficient (Wildman–Crippen LogP) is 5.80. The van der Waals surface area contributed by atoms with Gasteiger partial charge in [-0.3, -0.25) is 14.2 Å². The first-order chi connectivity index (χ1) is 24.4. The summed E-state index contributed by atoms with van der Waals surface area (Å²) in [5, 5.41) is 5.37. The summed E-state index contributed by atoms with van der Waals surface area (Å²) >= 11 is 17.7. The van der Waals surface area contributed by atoms with Crippen molar-refractivity contribution in [1.29, 1.82) is 0 Å². The average Bonchev–Trinajstić information content (AvgIpc) is 3.78. The number of methoxy groups -OCH3 is 1. The van der Waals surface area contributed by atoms with E-state index in [9.17, 15) is 9.59 Å². The number of nitrogens with zero attached hydrogens (tertiary/aromatic N) is 4. The maximum absolute atomic E-state index is 12.5. The minimum absolute atomic E-state index is 0.214. The van der Waals surface area contributed by atoms with Crippen molar-refractivity contribution in [2.45, 2.75) is 61.1 Å². The van der Waals surface area contributed by atoms with Crippen LogP contribution in [0.25, 0.3) is 11.2 Å². The Morgan fingerprint density at radius 2 is 1.69 bits per heavy atom. The third kappa shape index (κ3) is 9.66. The van der Waals surface area contributed by atoms with Crippen molar-refractivity contribution in [3.63, 3.8) is 0 Å². The molecule has 2 aromatic heterocycles. The van der Waals surface area contributed by atoms with Gasteiger partial charge in [-0.25, -0.2) is 15.0 Å². The van der Waals surface area contributed by atoms with Gasteiger partial charge in [0, 0.05) is 12.3 Å². The number of rotatable bonds is 13. The molecule has 6 rings (SSSR count). The second kappa shape index (κ2) is 16.0. The van der Waals surface area contributed by atoms with Crippen LogP contribution < -0.4 is 20.1 Å². The van der Waals surface area contributed by atoms with Crippen molar-refractivity contribution < 1.29 is 38.0 Å². The molecule has 14 nitrogen and oxygen atoms in total. The quantitative estimate of drug-likeness (QED) is 0.124. The van der Waals surface area contributed by atoms with Crippen LogP contribution >= 0.6 is 46.6 Å². The Kier molecular flexibility index (Phi) is 11.7. The summed E-state index contributed by atoms with van der Waals surface area (Å²) in [7, 11) is 1.64. The molecule has 0 saturated carbocycles. The molecule has 0 aliphatic carbocycles. The lowest BCUT2D eigenvalue weighted by Gasteiger charge is -2.24. The predicted molar refractivity (Wildman–Crippen MR) is 191 cm³/mol. The number of carbonyl (C=O) groups is 2. The van der Waals surface area contributed by atoms with Crippen LogP contribution in [-0.4, -0.2) is 84.6 Å². The van der Waals surface area contributed by atoms with Crippen LogP contribution in [0.2, 0.25) is 0 Å². The Labute approximate surface area is 312 Å². The van der Waals surface area contributed by atoms with Gasteiger partial charge >= 0.3 is 5.97 Å². The first-order valence-corrected chi connectivity index (χ1v) is 17.9. The maximum Gasteiger partial charge on any atom is 0.325 e. The molecule has 0 radical (unpaired) electrons. The van der Waals surface area contributed by atoms with Crippen molar-refractivity contribution >= 4 is 74.8 Å². The van der Waals surface area contributed by atoms with Gasteiger partial charge in [0.1, 0.15) is 49.8 Å². The fourth-order valence-corrected chi connectivity index (χ4v) is 6.45. The summed E-state index contributed by atoms with van der Waals surface area (Å²) < 4.78 is 34.9. The van der Waals surface area contributed by atoms with Gasteiger partial charge in [-0.1, -0.05) is 70.8 Å². The first kappa shape index (κ1) is 37.2. The molecule has 0 bridgehead atoms. The highest BCUT2D eigenvalue weighted by atomic mass is 35.6. The second-order valence-electron chi connectivity index (χ2n) is 12.0. The number of fused-ring (bicyclic) bond motifs is 2. The highest BCUT2D eigenvalue weighted by Crippen LogP contribution is 2.44. The molecule has 0 spiro atoms. The SMILES string of the molecule is COc1ccc(COc2ccc(CNc3ncnc4c3ncn4C3OC(CSC(=O)NCC(=O)OCC(Cl)(Cl)Cl)C4OC(C)(C)OC43)cc2)cc1. The van der Waals surface area contributed by atoms with Gasteiger partial charge in [0.2, 0.25) is 3.79 Å². The molecule has 2 aromatic carbocycles. The molecule has 2 fully saturated rings. The number of alkyl halides is 3. The van der Waals surface area contributed by atoms with E-state index in [0.717, 1.165) is 34.4 Å². The van der Waals surface area contributed by atoms with Gasteiger partial charge in [-0.05, 0) is 49.2 Å². The number of ether oxygens (including phenoxy) is 6. The zero-order valence-electron chi connectivity index (χ0n) is 27.7. The number of aromatic nitrogens is 4. The number of anilines is 1. The van der Waals surface area contributed by atoms with Gasteiger partial charge in [0.05, 0.1) is 19.5 Å². The lowest BCUT2D eigenvalue weighted by molar-refractivity contribution is -0.193. The van der Waals surface area contributed by atoms with Crippen LogP contribution in [0, 0.1) is 0 Å². The minimum atomic E-state index is -1.74. The molecule has 18 heteroatoms. The van der Waals surface area contributed by atoms with E-state index in [1.165, 1.54) is 6.33 Å². The lowest BCUT2D eigenvalue weighted by Crippen LogP contribution is -2.33. The number of halogens is 3. The fraction of sp³-hybridized carbons (Fsp3) is 0.424. The van der Waals surface area contributed by atoms with E-state index in [1.54, 1.807) is 18.0 Å². The molecule has 1 amide bonds. The van der Waals surface area contributed by atoms with Gasteiger partial charge in [-0.2, -0.15) is 0 Å². The highest BCUT2D eigenvalue weighted by Gasteiger charge is 2.56. The summed E-state index contributed by atoms with van der Waals surface area (Å²) in [6.45, 7) is 3.74. The van der Waals surface area contributed by atoms with E-state index >= 15 is 0 Å². The summed E-state index contributed by atoms with van der Waals surface area (Å²) in [6.07, 6.45) is 0.895. The standard InChI is InChI=1S/C33H35Cl3N6O8S/c1-32(2)49-26-23(15-51-31(44)38-13-24(43)47-16-33(34,35)36)48-30(27(26)50-32)42-18-41-25-28(39-17-40-29(25)42)37-12-19-4-10-22(11-5-19)46-14-20-6-8-21(45-3)9-7-20/h4-11,17-18,23,26-27,30H,12-16H2,1-3H3,(H,38,44)(H,37,39,40). The molecule has 4 atom stereocenters. The molecule has 2 aliphatic rings. The van der Waals surface area contributed by atoms with E-state index < -0.39 is 51.9 Å². The molecule has 272 valence electrons. The Bertz CT molecular complexity index is 1830. The number of esters is 1. The van der Waals surface area contributed by atoms with E-state index in [1.807, 2.05) is 62.4 Å². The molecule has 51 heavy (non-hydrogen) atoms. The van der Waals surface area contributed by atoms with Crippen LogP contribution in [-0.2, 0) is 36.9 Å². The van der Waals surface area contributed by atoms with Crippen molar-refractivity contribution in [2.75, 3.05) is 31.3 Å². The number of imidazole rings is 1. The van der Waals surface area contributed by atoms with Crippen LogP contribution in [0.15, 0.2) is 61.2 Å². The van der Waals surface area contributed by atoms with Crippen LogP contribution in [0.1, 0.15) is 31.2 Å². The van der Waals surface area contributed by atoms with E-state index in [-0.39, 0.29) is 12.3 Å². The molecular weight excluding hydrogens is 747 g/mol. The molecule has 2 N–H and O–H groups in total. The number of hydrogen-bond donors (Lipinski definition) is 2. The third-order valence-electron chi connectivity index (χ3n) is 7.86. The fourth-order valence-electron chi connectivity index (χ4n) is 5.53. The molecule has 4 heterocycles. The van der Waals surface area contributed by atoms with Crippen molar-refractivity contribution in [1.82, 2.24) is 24.8 Å². The highest BCUT2D eigenvalue weighted by molar-refractivity contribution is 8.13. The number of hydrogen-bond acceptors (Lipinski definition) is 13. The van der Waals surface area contributed by atoms with E-state index in [2.05, 4.69) is 25.6 Å². The van der Waals surface area contributed by atoms with Gasteiger partial charge in [0.15, 0.2) is 29.0 Å². The summed E-state index contributed by atoms with van der Waals surface area (Å²) in [4.78, 5) is 37.9. The summed E-state index contributed by atoms with van der Waals surface area (Å²) in [6, 6.07) is 15.5. The maximum atomic E-state index is 12.5. The average molecular weight is 782 g/mol. The molecular formula is C33H35Cl3N6O8S. The van der Waals surface area contributed by atoms with Gasteiger partial charge in [-0.15, -0.1) is 0 Å². The smallest absolute Gasteiger partial charge is 0.325 e. The van der Waals surface area contributed by atoms with Crippen molar-refractivity contribution in [3.05, 3.63) is 72.3 Å². The van der Waals surface area contributed by atoms with Crippen LogP contribution in [0.5, 0.6) is 11.5 Å². The Balaban J connectivity index is 1.06. The van der Waals surface area contributed by atoms with Gasteiger partial charge in [0.25, 0.3) is 5.24 Å². The third-order valence-corrected chi connectivity index (χ3v) is 9.09. The largest absolute Gasteiger partial charge is 0.497 e. The first-order valence-electron chi connectivity index (χ1n) is 15.8. The Morgan fingerprint density at radius 1 is 0.980 bits per heavy atom. The van der Waals surface area contributed by atoms with Gasteiger partial charge < -0.3 is 39.1 Å². The van der Waals surface area contributed by atoms with Crippen LogP contribution in [0.3, 0.4) is 0 Å². The molecule has 2 aliphatic heterocycles. The molecule has 4 aromatic rings. The topological polar surface area (TPSA) is 157 Å².